The van der Waals surface area contributed by atoms with Crippen molar-refractivity contribution < 1.29 is 22.7 Å². The highest BCUT2D eigenvalue weighted by Crippen LogP contribution is 2.33. The van der Waals surface area contributed by atoms with Crippen molar-refractivity contribution in [3.8, 4) is 11.5 Å². The Morgan fingerprint density at radius 1 is 1.19 bits per heavy atom. The van der Waals surface area contributed by atoms with E-state index >= 15 is 0 Å². The monoisotopic (exact) mass is 476 g/mol. The van der Waals surface area contributed by atoms with Gasteiger partial charge in [-0.1, -0.05) is 6.07 Å². The maximum atomic E-state index is 13.5. The molecule has 1 saturated heterocycles. The Morgan fingerprint density at radius 3 is 2.78 bits per heavy atom. The van der Waals surface area contributed by atoms with E-state index < -0.39 is 22.0 Å². The first-order chi connectivity index (χ1) is 15.5. The number of sulfonamides is 1. The number of benzene rings is 2. The number of carbonyl (C=O) groups excluding carboxylic acids is 1. The van der Waals surface area contributed by atoms with E-state index in [1.165, 1.54) is 10.4 Å². The molecule has 1 aromatic heterocycles. The molecule has 3 aromatic rings. The van der Waals surface area contributed by atoms with E-state index in [2.05, 4.69) is 14.1 Å². The number of ether oxygens (including phenoxy) is 2. The lowest BCUT2D eigenvalue weighted by atomic mass is 10.2. The lowest BCUT2D eigenvalue weighted by molar-refractivity contribution is -0.119. The molecule has 1 N–H and O–H groups in total. The van der Waals surface area contributed by atoms with Crippen LogP contribution in [-0.4, -0.2) is 53.2 Å². The topological polar surface area (TPSA) is 111 Å². The number of anilines is 1. The number of aromatic nitrogens is 2. The van der Waals surface area contributed by atoms with Gasteiger partial charge < -0.3 is 14.8 Å². The van der Waals surface area contributed by atoms with Gasteiger partial charge in [-0.2, -0.15) is 13.1 Å². The smallest absolute Gasteiger partial charge is 0.246 e. The third kappa shape index (κ3) is 4.27. The molecule has 11 heteroatoms. The Balaban J connectivity index is 1.62. The van der Waals surface area contributed by atoms with Crippen LogP contribution in [0.25, 0.3) is 11.0 Å². The van der Waals surface area contributed by atoms with Crippen LogP contribution < -0.4 is 14.8 Å². The fourth-order valence-electron chi connectivity index (χ4n) is 3.77. The first-order valence-electron chi connectivity index (χ1n) is 10.4. The number of hydrogen-bond donors (Lipinski definition) is 1. The molecule has 0 unspecified atom stereocenters. The average molecular weight is 477 g/mol. The highest BCUT2D eigenvalue weighted by molar-refractivity contribution is 7.89. The minimum atomic E-state index is -3.94. The molecule has 170 valence electrons. The first-order valence-corrected chi connectivity index (χ1v) is 12.6. The van der Waals surface area contributed by atoms with E-state index in [1.807, 2.05) is 13.8 Å². The van der Waals surface area contributed by atoms with Crippen LogP contribution in [-0.2, 0) is 14.8 Å². The van der Waals surface area contributed by atoms with Crippen molar-refractivity contribution in [3.05, 3.63) is 36.4 Å². The van der Waals surface area contributed by atoms with Crippen LogP contribution >= 0.6 is 11.7 Å². The minimum absolute atomic E-state index is 0.0665. The molecular formula is C21H24N4O5S2. The van der Waals surface area contributed by atoms with Crippen molar-refractivity contribution in [3.63, 3.8) is 0 Å². The summed E-state index contributed by atoms with van der Waals surface area (Å²) >= 11 is 0.958. The predicted octanol–water partition coefficient (Wildman–Crippen LogP) is 3.28. The van der Waals surface area contributed by atoms with Crippen molar-refractivity contribution in [2.75, 3.05) is 25.1 Å². The van der Waals surface area contributed by atoms with Crippen molar-refractivity contribution in [1.29, 1.82) is 0 Å². The molecule has 9 nitrogen and oxygen atoms in total. The summed E-state index contributed by atoms with van der Waals surface area (Å²) in [4.78, 5) is 13.3. The van der Waals surface area contributed by atoms with Crippen LogP contribution in [0.5, 0.6) is 11.5 Å². The molecule has 0 aliphatic carbocycles. The number of nitrogens with zero attached hydrogens (tertiary/aromatic N) is 3. The Bertz CT molecular complexity index is 1230. The van der Waals surface area contributed by atoms with Crippen molar-refractivity contribution >= 4 is 44.4 Å². The highest BCUT2D eigenvalue weighted by Gasteiger charge is 2.40. The molecule has 1 fully saturated rings. The summed E-state index contributed by atoms with van der Waals surface area (Å²) in [6, 6.07) is 9.18. The summed E-state index contributed by atoms with van der Waals surface area (Å²) < 4.78 is 47.6. The normalized spacial score (nSPS) is 16.9. The summed E-state index contributed by atoms with van der Waals surface area (Å²) in [5, 5.41) is 2.85. The molecule has 32 heavy (non-hydrogen) atoms. The largest absolute Gasteiger partial charge is 0.494 e. The van der Waals surface area contributed by atoms with Crippen LogP contribution in [0.1, 0.15) is 26.7 Å². The van der Waals surface area contributed by atoms with Crippen molar-refractivity contribution in [2.24, 2.45) is 0 Å². The average Bonchev–Trinajstić information content (AvgIpc) is 3.45. The third-order valence-electron chi connectivity index (χ3n) is 5.16. The Kier molecular flexibility index (Phi) is 6.58. The van der Waals surface area contributed by atoms with Gasteiger partial charge in [0.05, 0.1) is 30.6 Å². The van der Waals surface area contributed by atoms with Gasteiger partial charge in [-0.3, -0.25) is 4.79 Å². The molecule has 1 atom stereocenters. The Morgan fingerprint density at radius 2 is 2.00 bits per heavy atom. The van der Waals surface area contributed by atoms with E-state index in [0.717, 1.165) is 11.7 Å². The van der Waals surface area contributed by atoms with Crippen LogP contribution in [0.2, 0.25) is 0 Å². The molecule has 2 heterocycles. The van der Waals surface area contributed by atoms with Gasteiger partial charge in [-0.25, -0.2) is 8.42 Å². The van der Waals surface area contributed by atoms with Gasteiger partial charge in [-0.15, -0.1) is 0 Å². The molecule has 2 aromatic carbocycles. The lowest BCUT2D eigenvalue weighted by Crippen LogP contribution is -2.43. The van der Waals surface area contributed by atoms with E-state index in [0.29, 0.717) is 54.3 Å². The van der Waals surface area contributed by atoms with E-state index in [4.69, 9.17) is 9.47 Å². The number of nitrogens with one attached hydrogen (secondary N) is 1. The number of hydrogen-bond acceptors (Lipinski definition) is 8. The molecule has 0 spiro atoms. The van der Waals surface area contributed by atoms with Crippen molar-refractivity contribution in [2.45, 2.75) is 37.6 Å². The highest BCUT2D eigenvalue weighted by atomic mass is 32.2. The Labute approximate surface area is 190 Å². The van der Waals surface area contributed by atoms with Gasteiger partial charge in [-0.05, 0) is 51.0 Å². The van der Waals surface area contributed by atoms with Gasteiger partial charge in [0.25, 0.3) is 0 Å². The molecule has 0 saturated carbocycles. The number of amides is 1. The molecule has 1 aliphatic rings. The van der Waals surface area contributed by atoms with Gasteiger partial charge in [0.15, 0.2) is 0 Å². The van der Waals surface area contributed by atoms with Crippen molar-refractivity contribution in [1.82, 2.24) is 13.1 Å². The lowest BCUT2D eigenvalue weighted by Gasteiger charge is -2.24. The second-order valence-electron chi connectivity index (χ2n) is 7.18. The number of fused-ring (bicyclic) bond motifs is 1. The molecule has 0 radical (unpaired) electrons. The Hall–Kier alpha value is -2.76. The zero-order valence-electron chi connectivity index (χ0n) is 17.8. The molecule has 1 aliphatic heterocycles. The maximum Gasteiger partial charge on any atom is 0.246 e. The summed E-state index contributed by atoms with van der Waals surface area (Å²) in [7, 11) is -3.94. The standard InChI is InChI=1S/C21H24N4O5S2/c1-3-29-14-10-11-18(30-4-2)16(13-14)22-21(26)17-8-6-12-25(17)32(27,28)19-9-5-7-15-20(19)24-31-23-15/h5,7,9-11,13,17H,3-4,6,8,12H2,1-2H3,(H,22,26)/t17-/m0/s1. The van der Waals surface area contributed by atoms with Crippen LogP contribution in [0, 0.1) is 0 Å². The molecule has 4 rings (SSSR count). The van der Waals surface area contributed by atoms with Crippen LogP contribution in [0.3, 0.4) is 0 Å². The van der Waals surface area contributed by atoms with E-state index in [1.54, 1.807) is 30.3 Å². The summed E-state index contributed by atoms with van der Waals surface area (Å²) in [5.41, 5.74) is 1.29. The van der Waals surface area contributed by atoms with Gasteiger partial charge in [0, 0.05) is 12.6 Å². The van der Waals surface area contributed by atoms with Gasteiger partial charge >= 0.3 is 0 Å². The zero-order valence-corrected chi connectivity index (χ0v) is 19.4. The number of carbonyl (C=O) groups is 1. The summed E-state index contributed by atoms with van der Waals surface area (Å²) in [5.74, 6) is 0.670. The van der Waals surface area contributed by atoms with Crippen LogP contribution in [0.4, 0.5) is 5.69 Å². The molecule has 1 amide bonds. The molecular weight excluding hydrogens is 452 g/mol. The van der Waals surface area contributed by atoms with E-state index in [-0.39, 0.29) is 11.4 Å². The SMILES string of the molecule is CCOc1ccc(OCC)c(NC(=O)[C@@H]2CCCN2S(=O)(=O)c2cccc3nsnc23)c1. The molecule has 0 bridgehead atoms. The van der Waals surface area contributed by atoms with Gasteiger partial charge in [0.2, 0.25) is 15.9 Å². The second kappa shape index (κ2) is 9.39. The zero-order chi connectivity index (χ0) is 22.7. The fourth-order valence-corrected chi connectivity index (χ4v) is 6.18. The fraction of sp³-hybridized carbons (Fsp3) is 0.381. The summed E-state index contributed by atoms with van der Waals surface area (Å²) in [6.07, 6.45) is 1.01. The predicted molar refractivity (Wildman–Crippen MR) is 122 cm³/mol. The summed E-state index contributed by atoms with van der Waals surface area (Å²) in [6.45, 7) is 4.88. The quantitative estimate of drug-likeness (QED) is 0.531. The van der Waals surface area contributed by atoms with Crippen LogP contribution in [0.15, 0.2) is 41.3 Å². The maximum absolute atomic E-state index is 13.5. The van der Waals surface area contributed by atoms with E-state index in [9.17, 15) is 13.2 Å². The first kappa shape index (κ1) is 22.4. The van der Waals surface area contributed by atoms with Gasteiger partial charge in [0.1, 0.15) is 33.5 Å². The third-order valence-corrected chi connectivity index (χ3v) is 7.64. The minimum Gasteiger partial charge on any atom is -0.494 e. The number of rotatable bonds is 8. The second-order valence-corrected chi connectivity index (χ2v) is 9.56.